The van der Waals surface area contributed by atoms with E-state index in [0.29, 0.717) is 6.42 Å². The van der Waals surface area contributed by atoms with Crippen LogP contribution in [0.4, 0.5) is 10.8 Å². The number of hydrogen-bond acceptors (Lipinski definition) is 5. The third-order valence-electron chi connectivity index (χ3n) is 5.47. The van der Waals surface area contributed by atoms with Crippen LogP contribution in [-0.4, -0.2) is 46.9 Å². The number of amides is 1. The van der Waals surface area contributed by atoms with E-state index in [1.807, 2.05) is 16.3 Å². The number of benzene rings is 2. The number of hydrogen-bond donors (Lipinski definition) is 1. The van der Waals surface area contributed by atoms with Gasteiger partial charge in [-0.3, -0.25) is 9.69 Å². The van der Waals surface area contributed by atoms with Crippen LogP contribution in [0.3, 0.4) is 0 Å². The first kappa shape index (κ1) is 20.6. The Hall–Kier alpha value is -2.70. The molecular weight excluding hydrogens is 392 g/mol. The van der Waals surface area contributed by atoms with E-state index >= 15 is 0 Å². The summed E-state index contributed by atoms with van der Waals surface area (Å²) in [5, 5.41) is 6.14. The SMILES string of the molecule is CCc1ccc(Nc2nc(CC(=O)N3CCN(Cc4ccccc4)CC3)cs2)cc1. The maximum absolute atomic E-state index is 12.7. The van der Waals surface area contributed by atoms with Crippen LogP contribution in [0, 0.1) is 0 Å². The molecule has 1 N–H and O–H groups in total. The Bertz CT molecular complexity index is 947. The van der Waals surface area contributed by atoms with Crippen molar-refractivity contribution in [3.8, 4) is 0 Å². The maximum Gasteiger partial charge on any atom is 0.228 e. The van der Waals surface area contributed by atoms with E-state index in [1.54, 1.807) is 11.3 Å². The molecule has 1 saturated heterocycles. The van der Waals surface area contributed by atoms with E-state index in [9.17, 15) is 4.79 Å². The van der Waals surface area contributed by atoms with Gasteiger partial charge in [-0.15, -0.1) is 11.3 Å². The van der Waals surface area contributed by atoms with Crippen LogP contribution in [-0.2, 0) is 24.2 Å². The fraction of sp³-hybridized carbons (Fsp3) is 0.333. The maximum atomic E-state index is 12.7. The molecule has 0 unspecified atom stereocenters. The molecule has 6 heteroatoms. The van der Waals surface area contributed by atoms with Crippen molar-refractivity contribution in [2.24, 2.45) is 0 Å². The number of aromatic nitrogens is 1. The summed E-state index contributed by atoms with van der Waals surface area (Å²) in [4.78, 5) is 21.7. The zero-order chi connectivity index (χ0) is 20.8. The second kappa shape index (κ2) is 9.87. The van der Waals surface area contributed by atoms with Crippen molar-refractivity contribution in [3.63, 3.8) is 0 Å². The van der Waals surface area contributed by atoms with Gasteiger partial charge in [0, 0.05) is 43.8 Å². The molecule has 0 radical (unpaired) electrons. The second-order valence-electron chi connectivity index (χ2n) is 7.64. The molecular formula is C24H28N4OS. The van der Waals surface area contributed by atoms with Gasteiger partial charge >= 0.3 is 0 Å². The number of carbonyl (C=O) groups is 1. The van der Waals surface area contributed by atoms with Crippen LogP contribution in [0.5, 0.6) is 0 Å². The standard InChI is InChI=1S/C24H28N4OS/c1-2-19-8-10-21(11-9-19)25-24-26-22(18-30-24)16-23(29)28-14-12-27(13-15-28)17-20-6-4-3-5-7-20/h3-11,18H,2,12-17H2,1H3,(H,25,26). The zero-order valence-corrected chi connectivity index (χ0v) is 18.2. The number of carbonyl (C=O) groups excluding carboxylic acids is 1. The van der Waals surface area contributed by atoms with Gasteiger partial charge in [-0.2, -0.15) is 0 Å². The van der Waals surface area contributed by atoms with Gasteiger partial charge in [0.1, 0.15) is 0 Å². The monoisotopic (exact) mass is 420 g/mol. The molecule has 0 saturated carbocycles. The normalized spacial score (nSPS) is 14.6. The summed E-state index contributed by atoms with van der Waals surface area (Å²) >= 11 is 1.54. The fourth-order valence-corrected chi connectivity index (χ4v) is 4.39. The average molecular weight is 421 g/mol. The summed E-state index contributed by atoms with van der Waals surface area (Å²) in [6.07, 6.45) is 1.40. The molecule has 2 heterocycles. The number of nitrogens with zero attached hydrogens (tertiary/aromatic N) is 3. The molecule has 1 amide bonds. The fourth-order valence-electron chi connectivity index (χ4n) is 3.66. The van der Waals surface area contributed by atoms with Crippen LogP contribution in [0.15, 0.2) is 60.0 Å². The molecule has 1 aliphatic heterocycles. The Morgan fingerprint density at radius 3 is 2.43 bits per heavy atom. The minimum absolute atomic E-state index is 0.165. The van der Waals surface area contributed by atoms with Crippen LogP contribution in [0.25, 0.3) is 0 Å². The Labute approximate surface area is 182 Å². The highest BCUT2D eigenvalue weighted by molar-refractivity contribution is 7.13. The molecule has 5 nitrogen and oxygen atoms in total. The predicted molar refractivity (Wildman–Crippen MR) is 123 cm³/mol. The first-order chi connectivity index (χ1) is 14.7. The van der Waals surface area contributed by atoms with Crippen LogP contribution >= 0.6 is 11.3 Å². The third-order valence-corrected chi connectivity index (χ3v) is 6.28. The number of thiazole rings is 1. The molecule has 156 valence electrons. The quantitative estimate of drug-likeness (QED) is 0.618. The molecule has 2 aromatic carbocycles. The Morgan fingerprint density at radius 1 is 1.00 bits per heavy atom. The van der Waals surface area contributed by atoms with Gasteiger partial charge in [-0.25, -0.2) is 4.98 Å². The highest BCUT2D eigenvalue weighted by atomic mass is 32.1. The van der Waals surface area contributed by atoms with Crippen molar-refractivity contribution >= 4 is 28.1 Å². The lowest BCUT2D eigenvalue weighted by molar-refractivity contribution is -0.132. The van der Waals surface area contributed by atoms with Gasteiger partial charge in [0.15, 0.2) is 5.13 Å². The highest BCUT2D eigenvalue weighted by Gasteiger charge is 2.22. The number of nitrogens with one attached hydrogen (secondary N) is 1. The second-order valence-corrected chi connectivity index (χ2v) is 8.50. The van der Waals surface area contributed by atoms with E-state index in [4.69, 9.17) is 0 Å². The van der Waals surface area contributed by atoms with Crippen LogP contribution in [0.2, 0.25) is 0 Å². The predicted octanol–water partition coefficient (Wildman–Crippen LogP) is 4.34. The number of rotatable bonds is 7. The van der Waals surface area contributed by atoms with Gasteiger partial charge < -0.3 is 10.2 Å². The smallest absolute Gasteiger partial charge is 0.228 e. The van der Waals surface area contributed by atoms with E-state index in [2.05, 4.69) is 70.7 Å². The number of piperazine rings is 1. The molecule has 1 aliphatic rings. The minimum Gasteiger partial charge on any atom is -0.340 e. The number of aryl methyl sites for hydroxylation is 1. The molecule has 4 rings (SSSR count). The van der Waals surface area contributed by atoms with Gasteiger partial charge in [-0.05, 0) is 29.7 Å². The van der Waals surface area contributed by atoms with Gasteiger partial charge in [-0.1, -0.05) is 49.4 Å². The molecule has 0 spiro atoms. The van der Waals surface area contributed by atoms with Crippen molar-refractivity contribution in [3.05, 3.63) is 76.8 Å². The van der Waals surface area contributed by atoms with Crippen molar-refractivity contribution < 1.29 is 4.79 Å². The summed E-state index contributed by atoms with van der Waals surface area (Å²) in [5.74, 6) is 0.165. The van der Waals surface area contributed by atoms with Crippen molar-refractivity contribution in [1.29, 1.82) is 0 Å². The first-order valence-electron chi connectivity index (χ1n) is 10.5. The molecule has 30 heavy (non-hydrogen) atoms. The minimum atomic E-state index is 0.165. The Morgan fingerprint density at radius 2 is 1.73 bits per heavy atom. The largest absolute Gasteiger partial charge is 0.340 e. The summed E-state index contributed by atoms with van der Waals surface area (Å²) in [7, 11) is 0. The zero-order valence-electron chi connectivity index (χ0n) is 17.4. The van der Waals surface area contributed by atoms with E-state index < -0.39 is 0 Å². The van der Waals surface area contributed by atoms with E-state index in [0.717, 1.165) is 55.7 Å². The lowest BCUT2D eigenvalue weighted by Gasteiger charge is -2.34. The Kier molecular flexibility index (Phi) is 6.77. The van der Waals surface area contributed by atoms with Crippen molar-refractivity contribution in [2.45, 2.75) is 26.3 Å². The lowest BCUT2D eigenvalue weighted by Crippen LogP contribution is -2.48. The lowest BCUT2D eigenvalue weighted by atomic mass is 10.1. The topological polar surface area (TPSA) is 48.5 Å². The highest BCUT2D eigenvalue weighted by Crippen LogP contribution is 2.22. The Balaban J connectivity index is 1.25. The summed E-state index contributed by atoms with van der Waals surface area (Å²) < 4.78 is 0. The molecule has 0 atom stereocenters. The van der Waals surface area contributed by atoms with Gasteiger partial charge in [0.2, 0.25) is 5.91 Å². The van der Waals surface area contributed by atoms with Crippen molar-refractivity contribution in [2.75, 3.05) is 31.5 Å². The van der Waals surface area contributed by atoms with Crippen LogP contribution < -0.4 is 5.32 Å². The van der Waals surface area contributed by atoms with E-state index in [-0.39, 0.29) is 5.91 Å². The molecule has 0 aliphatic carbocycles. The molecule has 3 aromatic rings. The summed E-state index contributed by atoms with van der Waals surface area (Å²) in [5.41, 5.74) is 4.50. The van der Waals surface area contributed by atoms with Crippen LogP contribution in [0.1, 0.15) is 23.7 Å². The van der Waals surface area contributed by atoms with E-state index in [1.165, 1.54) is 11.1 Å². The van der Waals surface area contributed by atoms with Gasteiger partial charge in [0.25, 0.3) is 0 Å². The molecule has 1 aromatic heterocycles. The summed E-state index contributed by atoms with van der Waals surface area (Å²) in [6, 6.07) is 18.9. The average Bonchev–Trinajstić information content (AvgIpc) is 3.22. The third kappa shape index (κ3) is 5.46. The first-order valence-corrected chi connectivity index (χ1v) is 11.4. The number of anilines is 2. The molecule has 1 fully saturated rings. The van der Waals surface area contributed by atoms with Crippen molar-refractivity contribution in [1.82, 2.24) is 14.8 Å². The summed E-state index contributed by atoms with van der Waals surface area (Å²) in [6.45, 7) is 6.49. The van der Waals surface area contributed by atoms with Gasteiger partial charge in [0.05, 0.1) is 12.1 Å². The molecule has 0 bridgehead atoms.